The molecule has 2 amide bonds. The van der Waals surface area contributed by atoms with Crippen LogP contribution in [0.25, 0.3) is 0 Å². The fraction of sp³-hybridized carbons (Fsp3) is 0.368. The predicted octanol–water partition coefficient (Wildman–Crippen LogP) is 2.81. The van der Waals surface area contributed by atoms with Gasteiger partial charge in [-0.15, -0.1) is 0 Å². The molecule has 1 aliphatic rings. The quantitative estimate of drug-likeness (QED) is 0.794. The van der Waals surface area contributed by atoms with Crippen molar-refractivity contribution < 1.29 is 32.3 Å². The Balaban J connectivity index is 1.75. The molecule has 3 rings (SSSR count). The third kappa shape index (κ3) is 5.16. The van der Waals surface area contributed by atoms with Crippen molar-refractivity contribution >= 4 is 11.8 Å². The van der Waals surface area contributed by atoms with Gasteiger partial charge in [-0.25, -0.2) is 4.98 Å². The maximum Gasteiger partial charge on any atom is 0.422 e. The van der Waals surface area contributed by atoms with Crippen molar-refractivity contribution in [1.29, 1.82) is 0 Å². The number of halogens is 3. The SMILES string of the molecule is Cc1cc(C(=O)N2Cc3ccc(OCC(F)(F)F)nc3O2)cc(C(=O)NC(C)C)n1. The van der Waals surface area contributed by atoms with E-state index in [1.165, 1.54) is 24.3 Å². The lowest BCUT2D eigenvalue weighted by atomic mass is 10.1. The summed E-state index contributed by atoms with van der Waals surface area (Å²) < 4.78 is 41.5. The predicted molar refractivity (Wildman–Crippen MR) is 97.9 cm³/mol. The van der Waals surface area contributed by atoms with E-state index in [1.54, 1.807) is 20.8 Å². The van der Waals surface area contributed by atoms with Crippen LogP contribution in [0, 0.1) is 6.92 Å². The average Bonchev–Trinajstić information content (AvgIpc) is 3.07. The maximum atomic E-state index is 12.8. The highest BCUT2D eigenvalue weighted by Gasteiger charge is 2.31. The van der Waals surface area contributed by atoms with E-state index in [1.807, 2.05) is 0 Å². The molecule has 11 heteroatoms. The van der Waals surface area contributed by atoms with Crippen LogP contribution in [0.5, 0.6) is 11.8 Å². The number of pyridine rings is 2. The van der Waals surface area contributed by atoms with E-state index < -0.39 is 24.6 Å². The number of aromatic nitrogens is 2. The van der Waals surface area contributed by atoms with Crippen molar-refractivity contribution in [3.63, 3.8) is 0 Å². The van der Waals surface area contributed by atoms with Crippen LogP contribution in [0.4, 0.5) is 13.2 Å². The average molecular weight is 424 g/mol. The van der Waals surface area contributed by atoms with E-state index >= 15 is 0 Å². The fourth-order valence-electron chi connectivity index (χ4n) is 2.68. The van der Waals surface area contributed by atoms with Gasteiger partial charge in [-0.05, 0) is 39.0 Å². The molecule has 30 heavy (non-hydrogen) atoms. The molecule has 0 fully saturated rings. The number of carbonyl (C=O) groups excluding carboxylic acids is 2. The van der Waals surface area contributed by atoms with Crippen LogP contribution in [-0.2, 0) is 6.54 Å². The van der Waals surface area contributed by atoms with Crippen LogP contribution < -0.4 is 14.9 Å². The van der Waals surface area contributed by atoms with Gasteiger partial charge in [-0.1, -0.05) is 0 Å². The number of ether oxygens (including phenoxy) is 1. The Bertz CT molecular complexity index is 979. The lowest BCUT2D eigenvalue weighted by Crippen LogP contribution is -2.32. The number of amides is 2. The zero-order valence-corrected chi connectivity index (χ0v) is 16.4. The molecular weight excluding hydrogens is 405 g/mol. The molecule has 3 heterocycles. The Morgan fingerprint density at radius 3 is 2.67 bits per heavy atom. The summed E-state index contributed by atoms with van der Waals surface area (Å²) in [5, 5.41) is 3.71. The molecule has 1 aliphatic heterocycles. The Kier molecular flexibility index (Phi) is 5.81. The van der Waals surface area contributed by atoms with Gasteiger partial charge in [0, 0.05) is 28.9 Å². The summed E-state index contributed by atoms with van der Waals surface area (Å²) >= 11 is 0. The van der Waals surface area contributed by atoms with Crippen LogP contribution in [0.2, 0.25) is 0 Å². The first-order valence-corrected chi connectivity index (χ1v) is 9.00. The van der Waals surface area contributed by atoms with Crippen molar-refractivity contribution in [2.24, 2.45) is 0 Å². The smallest absolute Gasteiger partial charge is 0.422 e. The summed E-state index contributed by atoms with van der Waals surface area (Å²) in [6, 6.07) is 5.50. The molecule has 0 spiro atoms. The van der Waals surface area contributed by atoms with Crippen molar-refractivity contribution in [3.8, 4) is 11.8 Å². The number of nitrogens with one attached hydrogen (secondary N) is 1. The van der Waals surface area contributed by atoms with Crippen LogP contribution in [0.1, 0.15) is 46.0 Å². The fourth-order valence-corrected chi connectivity index (χ4v) is 2.68. The first kappa shape index (κ1) is 21.3. The zero-order chi connectivity index (χ0) is 22.1. The minimum atomic E-state index is -4.50. The van der Waals surface area contributed by atoms with Crippen LogP contribution in [0.3, 0.4) is 0 Å². The van der Waals surface area contributed by atoms with Gasteiger partial charge in [-0.3, -0.25) is 9.59 Å². The van der Waals surface area contributed by atoms with Gasteiger partial charge in [0.15, 0.2) is 6.61 Å². The monoisotopic (exact) mass is 424 g/mol. The topological polar surface area (TPSA) is 93.7 Å². The summed E-state index contributed by atoms with van der Waals surface area (Å²) in [5.74, 6) is -1.25. The second kappa shape index (κ2) is 8.17. The zero-order valence-electron chi connectivity index (χ0n) is 16.4. The summed E-state index contributed by atoms with van der Waals surface area (Å²) in [4.78, 5) is 38.5. The van der Waals surface area contributed by atoms with Crippen molar-refractivity contribution in [2.75, 3.05) is 6.61 Å². The van der Waals surface area contributed by atoms with Gasteiger partial charge < -0.3 is 14.9 Å². The maximum absolute atomic E-state index is 12.8. The molecule has 0 atom stereocenters. The third-order valence-corrected chi connectivity index (χ3v) is 3.89. The minimum absolute atomic E-state index is 0.0217. The van der Waals surface area contributed by atoms with Gasteiger partial charge in [0.2, 0.25) is 5.88 Å². The van der Waals surface area contributed by atoms with E-state index in [9.17, 15) is 22.8 Å². The number of alkyl halides is 3. The number of nitrogens with zero attached hydrogens (tertiary/aromatic N) is 3. The van der Waals surface area contributed by atoms with Gasteiger partial charge in [0.1, 0.15) is 5.69 Å². The normalized spacial score (nSPS) is 13.1. The van der Waals surface area contributed by atoms with E-state index in [0.717, 1.165) is 5.06 Å². The van der Waals surface area contributed by atoms with Crippen molar-refractivity contribution in [2.45, 2.75) is 39.5 Å². The van der Waals surface area contributed by atoms with E-state index in [-0.39, 0.29) is 35.6 Å². The van der Waals surface area contributed by atoms with Crippen molar-refractivity contribution in [3.05, 3.63) is 46.8 Å². The highest BCUT2D eigenvalue weighted by molar-refractivity contribution is 5.98. The van der Waals surface area contributed by atoms with E-state index in [4.69, 9.17) is 4.84 Å². The van der Waals surface area contributed by atoms with Crippen LogP contribution in [0.15, 0.2) is 24.3 Å². The Morgan fingerprint density at radius 1 is 1.27 bits per heavy atom. The van der Waals surface area contributed by atoms with Crippen molar-refractivity contribution in [1.82, 2.24) is 20.3 Å². The number of fused-ring (bicyclic) bond motifs is 1. The molecule has 0 unspecified atom stereocenters. The summed E-state index contributed by atoms with van der Waals surface area (Å²) in [6.45, 7) is 3.80. The minimum Gasteiger partial charge on any atom is -0.468 e. The first-order chi connectivity index (χ1) is 14.0. The highest BCUT2D eigenvalue weighted by atomic mass is 19.4. The third-order valence-electron chi connectivity index (χ3n) is 3.89. The van der Waals surface area contributed by atoms with E-state index in [0.29, 0.717) is 11.3 Å². The molecule has 160 valence electrons. The van der Waals surface area contributed by atoms with Gasteiger partial charge >= 0.3 is 6.18 Å². The molecule has 0 bridgehead atoms. The van der Waals surface area contributed by atoms with Gasteiger partial charge in [0.05, 0.1) is 6.54 Å². The Labute approximate surface area is 170 Å². The van der Waals surface area contributed by atoms with E-state index in [2.05, 4.69) is 20.0 Å². The molecular formula is C19H19F3N4O4. The molecule has 0 saturated carbocycles. The summed E-state index contributed by atoms with van der Waals surface area (Å²) in [6.07, 6.45) is -4.50. The molecule has 2 aromatic heterocycles. The molecule has 2 aromatic rings. The molecule has 0 saturated heterocycles. The lowest BCUT2D eigenvalue weighted by Gasteiger charge is -2.15. The Hall–Kier alpha value is -3.37. The second-order valence-corrected chi connectivity index (χ2v) is 6.96. The number of rotatable bonds is 5. The Morgan fingerprint density at radius 2 is 2.00 bits per heavy atom. The number of carbonyl (C=O) groups is 2. The van der Waals surface area contributed by atoms with Gasteiger partial charge in [0.25, 0.3) is 17.7 Å². The second-order valence-electron chi connectivity index (χ2n) is 6.96. The number of hydrogen-bond acceptors (Lipinski definition) is 6. The molecule has 0 aliphatic carbocycles. The van der Waals surface area contributed by atoms with Crippen LogP contribution in [-0.4, -0.2) is 45.7 Å². The van der Waals surface area contributed by atoms with Crippen LogP contribution >= 0.6 is 0 Å². The summed E-state index contributed by atoms with van der Waals surface area (Å²) in [5.41, 5.74) is 1.24. The van der Waals surface area contributed by atoms with Gasteiger partial charge in [-0.2, -0.15) is 23.2 Å². The number of hydroxylamine groups is 2. The molecule has 0 aromatic carbocycles. The summed E-state index contributed by atoms with van der Waals surface area (Å²) in [7, 11) is 0. The standard InChI is InChI=1S/C19H19F3N4O4/c1-10(2)23-16(27)14-7-13(6-11(3)24-14)18(28)26-8-12-4-5-15(25-17(12)30-26)29-9-19(20,21)22/h4-7,10H,8-9H2,1-3H3,(H,23,27). The molecule has 8 nitrogen and oxygen atoms in total. The largest absolute Gasteiger partial charge is 0.468 e. The first-order valence-electron chi connectivity index (χ1n) is 9.00. The number of hydrogen-bond donors (Lipinski definition) is 1. The molecule has 0 radical (unpaired) electrons. The lowest BCUT2D eigenvalue weighted by molar-refractivity contribution is -0.154. The number of aryl methyl sites for hydroxylation is 1. The molecule has 1 N–H and O–H groups in total. The highest BCUT2D eigenvalue weighted by Crippen LogP contribution is 2.30.